The number of hydrogen-bond donors (Lipinski definition) is 0. The molecule has 2 heterocycles. The van der Waals surface area contributed by atoms with Gasteiger partial charge in [-0.25, -0.2) is 9.97 Å². The van der Waals surface area contributed by atoms with Crippen LogP contribution < -0.4 is 0 Å². The molecule has 120 valence electrons. The Balaban J connectivity index is 1.72. The summed E-state index contributed by atoms with van der Waals surface area (Å²) in [4.78, 5) is 22.5. The van der Waals surface area contributed by atoms with Crippen LogP contribution in [-0.4, -0.2) is 47.1 Å². The molecule has 0 saturated carbocycles. The van der Waals surface area contributed by atoms with E-state index in [0.29, 0.717) is 13.1 Å². The first-order valence-corrected chi connectivity index (χ1v) is 7.91. The molecule has 2 aromatic rings. The van der Waals surface area contributed by atoms with Crippen molar-refractivity contribution in [2.24, 2.45) is 5.92 Å². The van der Waals surface area contributed by atoms with E-state index in [1.807, 2.05) is 23.1 Å². The zero-order valence-electron chi connectivity index (χ0n) is 13.3. The summed E-state index contributed by atoms with van der Waals surface area (Å²) in [5, 5.41) is 0. The van der Waals surface area contributed by atoms with Crippen molar-refractivity contribution in [3.63, 3.8) is 0 Å². The van der Waals surface area contributed by atoms with Crippen LogP contribution in [0.25, 0.3) is 0 Å². The monoisotopic (exact) mass is 311 g/mol. The number of ether oxygens (including phenoxy) is 1. The summed E-state index contributed by atoms with van der Waals surface area (Å²) in [6.45, 7) is 1.35. The molecule has 2 atom stereocenters. The molecule has 1 aromatic heterocycles. The van der Waals surface area contributed by atoms with Crippen LogP contribution in [0.15, 0.2) is 48.8 Å². The maximum Gasteiger partial charge on any atom is 0.291 e. The molecule has 1 saturated heterocycles. The molecule has 1 amide bonds. The Morgan fingerprint density at radius 1 is 1.22 bits per heavy atom. The Hall–Kier alpha value is -2.27. The molecule has 0 N–H and O–H groups in total. The third-order valence-corrected chi connectivity index (χ3v) is 4.35. The highest BCUT2D eigenvalue weighted by Gasteiger charge is 2.32. The third-order valence-electron chi connectivity index (χ3n) is 4.35. The maximum absolute atomic E-state index is 12.6. The van der Waals surface area contributed by atoms with E-state index in [4.69, 9.17) is 4.74 Å². The van der Waals surface area contributed by atoms with Crippen molar-refractivity contribution in [3.8, 4) is 0 Å². The van der Waals surface area contributed by atoms with Gasteiger partial charge in [-0.1, -0.05) is 30.3 Å². The predicted octanol–water partition coefficient (Wildman–Crippen LogP) is 2.20. The number of benzene rings is 1. The fourth-order valence-corrected chi connectivity index (χ4v) is 3.17. The Morgan fingerprint density at radius 3 is 2.65 bits per heavy atom. The molecule has 0 bridgehead atoms. The summed E-state index contributed by atoms with van der Waals surface area (Å²) in [5.74, 6) is 0.448. The molecule has 23 heavy (non-hydrogen) atoms. The Labute approximate surface area is 136 Å². The maximum atomic E-state index is 12.6. The highest BCUT2D eigenvalue weighted by Crippen LogP contribution is 2.24. The summed E-state index contributed by atoms with van der Waals surface area (Å²) in [6, 6.07) is 12.1. The van der Waals surface area contributed by atoms with Crippen molar-refractivity contribution in [2.75, 3.05) is 20.2 Å². The standard InChI is InChI=1S/C18H21N3O2/c1-23-16-8-11-21(18(22)17-19-9-5-10-20-17)13-15(16)12-14-6-3-2-4-7-14/h2-7,9-10,15-16H,8,11-13H2,1H3/t15-,16-/m0/s1. The zero-order valence-corrected chi connectivity index (χ0v) is 13.3. The molecule has 5 nitrogen and oxygen atoms in total. The summed E-state index contributed by atoms with van der Waals surface area (Å²) >= 11 is 0. The van der Waals surface area contributed by atoms with Gasteiger partial charge in [0, 0.05) is 38.5 Å². The summed E-state index contributed by atoms with van der Waals surface area (Å²) in [5.41, 5.74) is 1.27. The van der Waals surface area contributed by atoms with Crippen LogP contribution in [0.1, 0.15) is 22.6 Å². The van der Waals surface area contributed by atoms with Gasteiger partial charge in [-0.15, -0.1) is 0 Å². The number of nitrogens with zero attached hydrogens (tertiary/aromatic N) is 3. The number of hydrogen-bond acceptors (Lipinski definition) is 4. The predicted molar refractivity (Wildman–Crippen MR) is 87.0 cm³/mol. The van der Waals surface area contributed by atoms with Gasteiger partial charge in [0.25, 0.3) is 5.91 Å². The average molecular weight is 311 g/mol. The SMILES string of the molecule is CO[C@H]1CCN(C(=O)c2ncccn2)C[C@@H]1Cc1ccccc1. The zero-order chi connectivity index (χ0) is 16.1. The van der Waals surface area contributed by atoms with Gasteiger partial charge in [0.1, 0.15) is 0 Å². The first-order chi connectivity index (χ1) is 11.3. The lowest BCUT2D eigenvalue weighted by atomic mass is 9.88. The second-order valence-corrected chi connectivity index (χ2v) is 5.84. The first kappa shape index (κ1) is 15.6. The summed E-state index contributed by atoms with van der Waals surface area (Å²) in [6.07, 6.45) is 5.12. The molecule has 0 radical (unpaired) electrons. The normalized spacial score (nSPS) is 21.2. The molecule has 1 aliphatic rings. The minimum atomic E-state index is -0.0989. The van der Waals surface area contributed by atoms with Crippen molar-refractivity contribution >= 4 is 5.91 Å². The van der Waals surface area contributed by atoms with Crippen LogP contribution in [0.4, 0.5) is 0 Å². The fourth-order valence-electron chi connectivity index (χ4n) is 3.17. The van der Waals surface area contributed by atoms with Gasteiger partial charge in [-0.05, 0) is 24.5 Å². The van der Waals surface area contributed by atoms with Gasteiger partial charge in [0.15, 0.2) is 0 Å². The van der Waals surface area contributed by atoms with E-state index >= 15 is 0 Å². The van der Waals surface area contributed by atoms with E-state index in [2.05, 4.69) is 22.1 Å². The van der Waals surface area contributed by atoms with E-state index in [9.17, 15) is 4.79 Å². The molecule has 1 fully saturated rings. The highest BCUT2D eigenvalue weighted by atomic mass is 16.5. The van der Waals surface area contributed by atoms with Gasteiger partial charge < -0.3 is 9.64 Å². The molecule has 1 aliphatic heterocycles. The number of aromatic nitrogens is 2. The first-order valence-electron chi connectivity index (χ1n) is 7.91. The second kappa shape index (κ2) is 7.33. The minimum absolute atomic E-state index is 0.0989. The lowest BCUT2D eigenvalue weighted by Crippen LogP contribution is -2.47. The van der Waals surface area contributed by atoms with Gasteiger partial charge in [-0.2, -0.15) is 0 Å². The highest BCUT2D eigenvalue weighted by molar-refractivity contribution is 5.90. The van der Waals surface area contributed by atoms with Crippen molar-refractivity contribution in [1.29, 1.82) is 0 Å². The van der Waals surface area contributed by atoms with E-state index in [-0.39, 0.29) is 23.8 Å². The average Bonchev–Trinajstić information content (AvgIpc) is 2.62. The second-order valence-electron chi connectivity index (χ2n) is 5.84. The van der Waals surface area contributed by atoms with Crippen molar-refractivity contribution in [2.45, 2.75) is 18.9 Å². The Kier molecular flexibility index (Phi) is 4.98. The summed E-state index contributed by atoms with van der Waals surface area (Å²) < 4.78 is 5.64. The number of amides is 1. The Morgan fingerprint density at radius 2 is 1.96 bits per heavy atom. The smallest absolute Gasteiger partial charge is 0.291 e. The largest absolute Gasteiger partial charge is 0.381 e. The van der Waals surface area contributed by atoms with E-state index in [0.717, 1.165) is 12.8 Å². The van der Waals surface area contributed by atoms with Crippen LogP contribution in [0, 0.1) is 5.92 Å². The lowest BCUT2D eigenvalue weighted by Gasteiger charge is -2.37. The van der Waals surface area contributed by atoms with Crippen LogP contribution in [-0.2, 0) is 11.2 Å². The van der Waals surface area contributed by atoms with Crippen LogP contribution in [0.2, 0.25) is 0 Å². The number of carbonyl (C=O) groups is 1. The summed E-state index contributed by atoms with van der Waals surface area (Å²) in [7, 11) is 1.75. The molecule has 0 unspecified atom stereocenters. The molecule has 1 aromatic carbocycles. The number of carbonyl (C=O) groups excluding carboxylic acids is 1. The third kappa shape index (κ3) is 3.74. The van der Waals surface area contributed by atoms with Gasteiger partial charge in [0.2, 0.25) is 5.82 Å². The van der Waals surface area contributed by atoms with E-state index in [1.54, 1.807) is 25.6 Å². The van der Waals surface area contributed by atoms with Crippen molar-refractivity contribution in [1.82, 2.24) is 14.9 Å². The Bertz CT molecular complexity index is 633. The van der Waals surface area contributed by atoms with Gasteiger partial charge in [-0.3, -0.25) is 4.79 Å². The van der Waals surface area contributed by atoms with Crippen LogP contribution in [0.3, 0.4) is 0 Å². The van der Waals surface area contributed by atoms with E-state index < -0.39 is 0 Å². The molecule has 3 rings (SSSR count). The lowest BCUT2D eigenvalue weighted by molar-refractivity contribution is -0.00336. The molecule has 5 heteroatoms. The molecule has 0 aliphatic carbocycles. The van der Waals surface area contributed by atoms with Crippen LogP contribution >= 0.6 is 0 Å². The fraction of sp³-hybridized carbons (Fsp3) is 0.389. The van der Waals surface area contributed by atoms with E-state index in [1.165, 1.54) is 5.56 Å². The van der Waals surface area contributed by atoms with Crippen LogP contribution in [0.5, 0.6) is 0 Å². The van der Waals surface area contributed by atoms with Crippen molar-refractivity contribution in [3.05, 3.63) is 60.2 Å². The number of rotatable bonds is 4. The molecular formula is C18H21N3O2. The molecule has 0 spiro atoms. The number of piperidine rings is 1. The van der Waals surface area contributed by atoms with Gasteiger partial charge in [0.05, 0.1) is 6.10 Å². The number of methoxy groups -OCH3 is 1. The minimum Gasteiger partial charge on any atom is -0.381 e. The number of likely N-dealkylation sites (tertiary alicyclic amines) is 1. The van der Waals surface area contributed by atoms with Gasteiger partial charge >= 0.3 is 0 Å². The van der Waals surface area contributed by atoms with Crippen molar-refractivity contribution < 1.29 is 9.53 Å². The quantitative estimate of drug-likeness (QED) is 0.868. The molecular weight excluding hydrogens is 290 g/mol. The topological polar surface area (TPSA) is 55.3 Å².